The van der Waals surface area contributed by atoms with Crippen molar-refractivity contribution in [3.8, 4) is 0 Å². The Hall–Kier alpha value is -0.752. The van der Waals surface area contributed by atoms with Gasteiger partial charge in [0.25, 0.3) is 0 Å². The number of aryl methyl sites for hydroxylation is 1. The number of hydrogen-bond acceptors (Lipinski definition) is 1. The summed E-state index contributed by atoms with van der Waals surface area (Å²) in [4.78, 5) is 11.1. The molecule has 0 heterocycles. The summed E-state index contributed by atoms with van der Waals surface area (Å²) < 4.78 is 0. The van der Waals surface area contributed by atoms with Gasteiger partial charge in [-0.2, -0.15) is 0 Å². The fourth-order valence-electron chi connectivity index (χ4n) is 1.32. The number of primary amides is 1. The molecule has 0 radical (unpaired) electrons. The van der Waals surface area contributed by atoms with Crippen molar-refractivity contribution in [2.45, 2.75) is 23.1 Å². The summed E-state index contributed by atoms with van der Waals surface area (Å²) in [5.74, 6) is -0.313. The standard InChI is InChI=1S/C11H16AsNO/c1-12(2)8-7-9-5-3-4-6-10(9)11(13)14/h3-6H,7-8H2,1-2H3,(H2,13,14). The van der Waals surface area contributed by atoms with Crippen molar-refractivity contribution < 1.29 is 4.79 Å². The number of carbonyl (C=O) groups excluding carboxylic acids is 1. The van der Waals surface area contributed by atoms with Gasteiger partial charge in [0.15, 0.2) is 0 Å². The van der Waals surface area contributed by atoms with E-state index in [1.807, 2.05) is 18.2 Å². The summed E-state index contributed by atoms with van der Waals surface area (Å²) in [6, 6.07) is 7.62. The Morgan fingerprint density at radius 1 is 1.36 bits per heavy atom. The zero-order valence-electron chi connectivity index (χ0n) is 8.66. The van der Waals surface area contributed by atoms with Crippen molar-refractivity contribution in [2.75, 3.05) is 0 Å². The van der Waals surface area contributed by atoms with Crippen LogP contribution in [0.1, 0.15) is 15.9 Å². The molecule has 76 valence electrons. The second-order valence-electron chi connectivity index (χ2n) is 3.57. The van der Waals surface area contributed by atoms with Crippen molar-refractivity contribution in [2.24, 2.45) is 5.73 Å². The summed E-state index contributed by atoms with van der Waals surface area (Å²) in [5, 5.41) is 1.23. The molecule has 0 spiro atoms. The fourth-order valence-corrected chi connectivity index (χ4v) is 2.77. The third kappa shape index (κ3) is 3.19. The zero-order valence-corrected chi connectivity index (χ0v) is 10.5. The first-order valence-corrected chi connectivity index (χ1v) is 9.71. The number of rotatable bonds is 4. The molecule has 1 rings (SSSR count). The van der Waals surface area contributed by atoms with Gasteiger partial charge in [0.1, 0.15) is 0 Å². The normalized spacial score (nSPS) is 10.5. The first-order valence-electron chi connectivity index (χ1n) is 4.63. The van der Waals surface area contributed by atoms with Crippen molar-refractivity contribution in [1.82, 2.24) is 0 Å². The van der Waals surface area contributed by atoms with Crippen LogP contribution in [0.25, 0.3) is 0 Å². The van der Waals surface area contributed by atoms with Crippen LogP contribution in [-0.4, -0.2) is 20.6 Å². The van der Waals surface area contributed by atoms with Crippen LogP contribution < -0.4 is 5.73 Å². The van der Waals surface area contributed by atoms with Gasteiger partial charge in [-0.25, -0.2) is 0 Å². The van der Waals surface area contributed by atoms with E-state index in [0.29, 0.717) is 5.56 Å². The third-order valence-electron chi connectivity index (χ3n) is 2.11. The Kier molecular flexibility index (Phi) is 4.21. The number of nitrogens with two attached hydrogens (primary N) is 1. The number of amides is 1. The van der Waals surface area contributed by atoms with E-state index in [9.17, 15) is 4.79 Å². The molecule has 14 heavy (non-hydrogen) atoms. The molecule has 1 aromatic carbocycles. The van der Waals surface area contributed by atoms with Crippen LogP contribution in [0.2, 0.25) is 16.6 Å². The van der Waals surface area contributed by atoms with Crippen molar-refractivity contribution >= 4 is 20.6 Å². The van der Waals surface area contributed by atoms with Crippen molar-refractivity contribution in [3.63, 3.8) is 0 Å². The molecule has 1 amide bonds. The second kappa shape index (κ2) is 5.21. The number of carbonyl (C=O) groups is 1. The van der Waals surface area contributed by atoms with Crippen molar-refractivity contribution in [1.29, 1.82) is 0 Å². The van der Waals surface area contributed by atoms with Gasteiger partial charge in [-0.05, 0) is 0 Å². The van der Waals surface area contributed by atoms with E-state index in [1.54, 1.807) is 6.07 Å². The van der Waals surface area contributed by atoms with E-state index in [2.05, 4.69) is 11.4 Å². The Balaban J connectivity index is 2.79. The van der Waals surface area contributed by atoms with E-state index in [4.69, 9.17) is 5.73 Å². The van der Waals surface area contributed by atoms with Crippen LogP contribution in [0.4, 0.5) is 0 Å². The Morgan fingerprint density at radius 2 is 2.00 bits per heavy atom. The zero-order chi connectivity index (χ0) is 10.6. The van der Waals surface area contributed by atoms with Crippen molar-refractivity contribution in [3.05, 3.63) is 35.4 Å². The van der Waals surface area contributed by atoms with Crippen LogP contribution in [0.5, 0.6) is 0 Å². The quantitative estimate of drug-likeness (QED) is 0.820. The Morgan fingerprint density at radius 3 is 2.57 bits per heavy atom. The fraction of sp³-hybridized carbons (Fsp3) is 0.364. The molecule has 0 aliphatic heterocycles. The molecule has 2 nitrogen and oxygen atoms in total. The topological polar surface area (TPSA) is 43.1 Å². The van der Waals surface area contributed by atoms with Crippen LogP contribution in [0.3, 0.4) is 0 Å². The van der Waals surface area contributed by atoms with Gasteiger partial charge in [-0.3, -0.25) is 0 Å². The minimum absolute atomic E-state index is 0.313. The molecular formula is C11H16AsNO. The van der Waals surface area contributed by atoms with Crippen LogP contribution in [0.15, 0.2) is 24.3 Å². The van der Waals surface area contributed by atoms with Gasteiger partial charge < -0.3 is 0 Å². The number of benzene rings is 1. The van der Waals surface area contributed by atoms with Gasteiger partial charge in [0.2, 0.25) is 0 Å². The first-order chi connectivity index (χ1) is 6.61. The maximum absolute atomic E-state index is 11.1. The molecule has 2 N–H and O–H groups in total. The van der Waals surface area contributed by atoms with E-state index in [-0.39, 0.29) is 5.91 Å². The van der Waals surface area contributed by atoms with Gasteiger partial charge in [0, 0.05) is 0 Å². The molecule has 0 aliphatic rings. The van der Waals surface area contributed by atoms with Crippen LogP contribution in [-0.2, 0) is 6.42 Å². The summed E-state index contributed by atoms with van der Waals surface area (Å²) in [7, 11) is 0. The SMILES string of the molecule is C[As](C)CCc1ccccc1C(N)=O. The summed E-state index contributed by atoms with van der Waals surface area (Å²) in [5.41, 5.74) is 11.7. The molecule has 0 unspecified atom stereocenters. The van der Waals surface area contributed by atoms with E-state index < -0.39 is 14.7 Å². The molecule has 1 aromatic rings. The average Bonchev–Trinajstić information content (AvgIpc) is 2.15. The summed E-state index contributed by atoms with van der Waals surface area (Å²) >= 11 is -0.604. The maximum atomic E-state index is 11.1. The third-order valence-corrected chi connectivity index (χ3v) is 4.46. The number of hydrogen-bond donors (Lipinski definition) is 1. The first kappa shape index (κ1) is 11.3. The molecule has 0 fully saturated rings. The monoisotopic (exact) mass is 253 g/mol. The summed E-state index contributed by atoms with van der Waals surface area (Å²) in [6.07, 6.45) is 0.992. The molecule has 0 bridgehead atoms. The average molecular weight is 253 g/mol. The molecule has 0 aliphatic carbocycles. The molecule has 3 heteroatoms. The molecule has 0 atom stereocenters. The van der Waals surface area contributed by atoms with Gasteiger partial charge in [0.05, 0.1) is 0 Å². The molecule has 0 saturated heterocycles. The van der Waals surface area contributed by atoms with Crippen LogP contribution in [0, 0.1) is 0 Å². The van der Waals surface area contributed by atoms with E-state index in [0.717, 1.165) is 12.0 Å². The predicted octanol–water partition coefficient (Wildman–Crippen LogP) is 2.08. The second-order valence-corrected chi connectivity index (χ2v) is 9.04. The van der Waals surface area contributed by atoms with Gasteiger partial charge >= 0.3 is 89.5 Å². The van der Waals surface area contributed by atoms with E-state index in [1.165, 1.54) is 5.21 Å². The Labute approximate surface area is 89.8 Å². The van der Waals surface area contributed by atoms with Crippen LogP contribution >= 0.6 is 0 Å². The van der Waals surface area contributed by atoms with Gasteiger partial charge in [-0.1, -0.05) is 0 Å². The molecular weight excluding hydrogens is 237 g/mol. The van der Waals surface area contributed by atoms with Gasteiger partial charge in [-0.15, -0.1) is 0 Å². The summed E-state index contributed by atoms with van der Waals surface area (Å²) in [6.45, 7) is 0. The predicted molar refractivity (Wildman–Crippen MR) is 61.0 cm³/mol. The Bertz CT molecular complexity index is 323. The molecule has 0 aromatic heterocycles. The van der Waals surface area contributed by atoms with E-state index >= 15 is 0 Å². The molecule has 0 saturated carbocycles. The minimum atomic E-state index is -0.604.